The molecule has 0 spiro atoms. The lowest BCUT2D eigenvalue weighted by Gasteiger charge is -2.28. The van der Waals surface area contributed by atoms with Crippen LogP contribution in [0.1, 0.15) is 34.8 Å². The zero-order chi connectivity index (χ0) is 21.5. The Kier molecular flexibility index (Phi) is 7.46. The van der Waals surface area contributed by atoms with Gasteiger partial charge in [0.15, 0.2) is 11.5 Å². The summed E-state index contributed by atoms with van der Waals surface area (Å²) in [5, 5.41) is 2.93. The van der Waals surface area contributed by atoms with E-state index in [1.807, 2.05) is 24.3 Å². The molecular formula is C22H26F2N2O4. The Bertz CT molecular complexity index is 840. The van der Waals surface area contributed by atoms with Crippen molar-refractivity contribution in [2.24, 2.45) is 0 Å². The number of rotatable bonds is 9. The summed E-state index contributed by atoms with van der Waals surface area (Å²) >= 11 is 0. The van der Waals surface area contributed by atoms with E-state index in [0.717, 1.165) is 37.2 Å². The van der Waals surface area contributed by atoms with Crippen LogP contribution in [-0.2, 0) is 0 Å². The summed E-state index contributed by atoms with van der Waals surface area (Å²) in [6.45, 7) is -0.697. The van der Waals surface area contributed by atoms with Crippen molar-refractivity contribution in [1.82, 2.24) is 10.2 Å². The van der Waals surface area contributed by atoms with Crippen LogP contribution in [0.25, 0.3) is 0 Å². The normalized spacial score (nSPS) is 15.1. The maximum Gasteiger partial charge on any atom is 0.387 e. The third-order valence-electron chi connectivity index (χ3n) is 5.18. The first kappa shape index (κ1) is 21.8. The van der Waals surface area contributed by atoms with E-state index in [1.165, 1.54) is 25.3 Å². The molecule has 162 valence electrons. The van der Waals surface area contributed by atoms with Crippen LogP contribution in [0.5, 0.6) is 17.2 Å². The van der Waals surface area contributed by atoms with E-state index in [4.69, 9.17) is 9.47 Å². The zero-order valence-electron chi connectivity index (χ0n) is 17.1. The largest absolute Gasteiger partial charge is 0.497 e. The number of methoxy groups -OCH3 is 2. The van der Waals surface area contributed by atoms with Crippen molar-refractivity contribution in [3.05, 3.63) is 53.6 Å². The molecule has 0 radical (unpaired) electrons. The predicted octanol–water partition coefficient (Wildman–Crippen LogP) is 3.87. The second-order valence-electron chi connectivity index (χ2n) is 6.99. The van der Waals surface area contributed by atoms with E-state index >= 15 is 0 Å². The molecule has 1 N–H and O–H groups in total. The van der Waals surface area contributed by atoms with Gasteiger partial charge in [0.2, 0.25) is 0 Å². The number of hydrogen-bond acceptors (Lipinski definition) is 5. The summed E-state index contributed by atoms with van der Waals surface area (Å²) in [7, 11) is 2.97. The van der Waals surface area contributed by atoms with Crippen LogP contribution in [0.2, 0.25) is 0 Å². The van der Waals surface area contributed by atoms with Gasteiger partial charge in [-0.25, -0.2) is 0 Å². The molecule has 3 rings (SSSR count). The van der Waals surface area contributed by atoms with E-state index in [0.29, 0.717) is 6.54 Å². The molecule has 1 aliphatic rings. The lowest BCUT2D eigenvalue weighted by atomic mass is 10.0. The molecule has 8 heteroatoms. The van der Waals surface area contributed by atoms with Crippen molar-refractivity contribution in [3.63, 3.8) is 0 Å². The van der Waals surface area contributed by atoms with Crippen LogP contribution in [0.15, 0.2) is 42.5 Å². The standard InChI is InChI=1S/C22H26F2N2O4/c1-28-17-8-5-15(6-9-17)18(26-11-3-4-12-26)14-25-21(27)16-7-10-19(29-2)20(13-16)30-22(23)24/h5-10,13,18,22H,3-4,11-12,14H2,1-2H3,(H,25,27)/t18-/m1/s1. The van der Waals surface area contributed by atoms with Gasteiger partial charge in [0.25, 0.3) is 5.91 Å². The van der Waals surface area contributed by atoms with E-state index in [-0.39, 0.29) is 29.0 Å². The van der Waals surface area contributed by atoms with Gasteiger partial charge in [0.05, 0.1) is 20.3 Å². The van der Waals surface area contributed by atoms with Gasteiger partial charge in [-0.15, -0.1) is 0 Å². The van der Waals surface area contributed by atoms with Crippen molar-refractivity contribution < 1.29 is 27.8 Å². The number of nitrogens with one attached hydrogen (secondary N) is 1. The average molecular weight is 420 g/mol. The highest BCUT2D eigenvalue weighted by atomic mass is 19.3. The lowest BCUT2D eigenvalue weighted by Crippen LogP contribution is -2.36. The van der Waals surface area contributed by atoms with Crippen molar-refractivity contribution in [3.8, 4) is 17.2 Å². The number of halogens is 2. The van der Waals surface area contributed by atoms with E-state index in [1.54, 1.807) is 7.11 Å². The number of carbonyl (C=O) groups excluding carboxylic acids is 1. The molecule has 0 bridgehead atoms. The molecule has 30 heavy (non-hydrogen) atoms. The number of nitrogens with zero attached hydrogens (tertiary/aromatic N) is 1. The Labute approximate surface area is 174 Å². The summed E-state index contributed by atoms with van der Waals surface area (Å²) in [5.74, 6) is 0.369. The third-order valence-corrected chi connectivity index (χ3v) is 5.18. The number of benzene rings is 2. The summed E-state index contributed by atoms with van der Waals surface area (Å²) < 4.78 is 40.0. The van der Waals surface area contributed by atoms with Gasteiger partial charge < -0.3 is 19.5 Å². The van der Waals surface area contributed by atoms with Gasteiger partial charge >= 0.3 is 6.61 Å². The Morgan fingerprint density at radius 3 is 2.33 bits per heavy atom. The Morgan fingerprint density at radius 1 is 1.03 bits per heavy atom. The molecule has 1 amide bonds. The maximum atomic E-state index is 12.7. The SMILES string of the molecule is COc1ccc([C@@H](CNC(=O)c2ccc(OC)c(OC(F)F)c2)N2CCCC2)cc1. The Balaban J connectivity index is 1.73. The van der Waals surface area contributed by atoms with Crippen molar-refractivity contribution in [1.29, 1.82) is 0 Å². The average Bonchev–Trinajstić information content (AvgIpc) is 3.28. The topological polar surface area (TPSA) is 60.0 Å². The van der Waals surface area contributed by atoms with Gasteiger partial charge in [-0.2, -0.15) is 8.78 Å². The van der Waals surface area contributed by atoms with Crippen molar-refractivity contribution >= 4 is 5.91 Å². The minimum absolute atomic E-state index is 0.0115. The molecule has 1 heterocycles. The smallest absolute Gasteiger partial charge is 0.387 e. The lowest BCUT2D eigenvalue weighted by molar-refractivity contribution is -0.0512. The highest BCUT2D eigenvalue weighted by Gasteiger charge is 2.24. The van der Waals surface area contributed by atoms with E-state index < -0.39 is 6.61 Å². The molecule has 6 nitrogen and oxygen atoms in total. The molecule has 0 saturated carbocycles. The van der Waals surface area contributed by atoms with Crippen LogP contribution in [0, 0.1) is 0 Å². The minimum atomic E-state index is -3.01. The molecule has 0 aliphatic carbocycles. The van der Waals surface area contributed by atoms with Crippen LogP contribution in [-0.4, -0.2) is 51.3 Å². The Morgan fingerprint density at radius 2 is 1.73 bits per heavy atom. The van der Waals surface area contributed by atoms with Crippen molar-refractivity contribution in [2.45, 2.75) is 25.5 Å². The van der Waals surface area contributed by atoms with E-state index in [9.17, 15) is 13.6 Å². The fourth-order valence-electron chi connectivity index (χ4n) is 3.63. The molecule has 1 aliphatic heterocycles. The number of amides is 1. The monoisotopic (exact) mass is 420 g/mol. The van der Waals surface area contributed by atoms with Gasteiger partial charge in [-0.1, -0.05) is 12.1 Å². The number of carbonyl (C=O) groups is 1. The molecule has 1 fully saturated rings. The second kappa shape index (κ2) is 10.2. The summed E-state index contributed by atoms with van der Waals surface area (Å²) in [5.41, 5.74) is 1.30. The first-order valence-corrected chi connectivity index (χ1v) is 9.81. The number of ether oxygens (including phenoxy) is 3. The fourth-order valence-corrected chi connectivity index (χ4v) is 3.63. The molecule has 0 unspecified atom stereocenters. The van der Waals surface area contributed by atoms with Crippen LogP contribution < -0.4 is 19.5 Å². The van der Waals surface area contributed by atoms with Crippen LogP contribution in [0.3, 0.4) is 0 Å². The fraction of sp³-hybridized carbons (Fsp3) is 0.409. The first-order chi connectivity index (χ1) is 14.5. The second-order valence-corrected chi connectivity index (χ2v) is 6.99. The van der Waals surface area contributed by atoms with Gasteiger partial charge in [0, 0.05) is 12.1 Å². The molecule has 2 aromatic rings. The first-order valence-electron chi connectivity index (χ1n) is 9.81. The Hall–Kier alpha value is -2.87. The summed E-state index contributed by atoms with van der Waals surface area (Å²) in [4.78, 5) is 15.0. The quantitative estimate of drug-likeness (QED) is 0.667. The van der Waals surface area contributed by atoms with Crippen molar-refractivity contribution in [2.75, 3.05) is 33.9 Å². The predicted molar refractivity (Wildman–Crippen MR) is 109 cm³/mol. The molecule has 2 aromatic carbocycles. The van der Waals surface area contributed by atoms with Crippen LogP contribution in [0.4, 0.5) is 8.78 Å². The van der Waals surface area contributed by atoms with Gasteiger partial charge in [-0.3, -0.25) is 9.69 Å². The molecule has 1 saturated heterocycles. The number of hydrogen-bond donors (Lipinski definition) is 1. The zero-order valence-corrected chi connectivity index (χ0v) is 17.1. The molecule has 1 atom stereocenters. The van der Waals surface area contributed by atoms with Gasteiger partial charge in [0.1, 0.15) is 5.75 Å². The molecule has 0 aromatic heterocycles. The highest BCUT2D eigenvalue weighted by molar-refractivity contribution is 5.94. The maximum absolute atomic E-state index is 12.7. The number of likely N-dealkylation sites (tertiary alicyclic amines) is 1. The summed E-state index contributed by atoms with van der Waals surface area (Å²) in [6, 6.07) is 12.0. The minimum Gasteiger partial charge on any atom is -0.497 e. The third kappa shape index (κ3) is 5.38. The summed E-state index contributed by atoms with van der Waals surface area (Å²) in [6.07, 6.45) is 2.24. The molecular weight excluding hydrogens is 394 g/mol. The highest BCUT2D eigenvalue weighted by Crippen LogP contribution is 2.30. The van der Waals surface area contributed by atoms with E-state index in [2.05, 4.69) is 15.0 Å². The van der Waals surface area contributed by atoms with Gasteiger partial charge in [-0.05, 0) is 61.8 Å². The number of alkyl halides is 2. The van der Waals surface area contributed by atoms with Crippen LogP contribution >= 0.6 is 0 Å².